The molecule has 1 fully saturated rings. The number of nitrogens with one attached hydrogen (secondary N) is 2. The summed E-state index contributed by atoms with van der Waals surface area (Å²) in [5.41, 5.74) is 0.816. The van der Waals surface area contributed by atoms with Crippen LogP contribution >= 0.6 is 0 Å². The van der Waals surface area contributed by atoms with Gasteiger partial charge in [-0.05, 0) is 52.8 Å². The van der Waals surface area contributed by atoms with Crippen molar-refractivity contribution in [3.63, 3.8) is 0 Å². The molecule has 0 radical (unpaired) electrons. The molecular weight excluding hydrogens is 442 g/mol. The van der Waals surface area contributed by atoms with E-state index in [1.54, 1.807) is 6.08 Å². The topological polar surface area (TPSA) is 24.1 Å². The Bertz CT molecular complexity index is 974. The molecule has 0 aliphatic carbocycles. The second kappa shape index (κ2) is 9.73. The van der Waals surface area contributed by atoms with Gasteiger partial charge >= 0.3 is 12.4 Å². The van der Waals surface area contributed by atoms with Gasteiger partial charge in [0.05, 0.1) is 17.3 Å². The molecule has 1 saturated heterocycles. The van der Waals surface area contributed by atoms with E-state index in [9.17, 15) is 26.3 Å². The van der Waals surface area contributed by atoms with Crippen LogP contribution in [0.5, 0.6) is 0 Å². The predicted molar refractivity (Wildman–Crippen MR) is 118 cm³/mol. The maximum atomic E-state index is 12.9. The highest BCUT2D eigenvalue weighted by Gasteiger charge is 2.31. The van der Waals surface area contributed by atoms with Crippen LogP contribution in [0.2, 0.25) is 0 Å². The molecule has 1 aliphatic rings. The molecule has 178 valence electrons. The van der Waals surface area contributed by atoms with Crippen molar-refractivity contribution in [3.05, 3.63) is 82.4 Å². The van der Waals surface area contributed by atoms with Crippen LogP contribution in [0.1, 0.15) is 42.5 Å². The molecule has 1 heterocycles. The molecule has 2 aromatic carbocycles. The molecule has 0 aromatic heterocycles. The lowest BCUT2D eigenvalue weighted by Gasteiger charge is -2.37. The van der Waals surface area contributed by atoms with Crippen molar-refractivity contribution in [2.24, 2.45) is 5.41 Å². The minimum atomic E-state index is -4.40. The van der Waals surface area contributed by atoms with E-state index in [4.69, 9.17) is 0 Å². The zero-order chi connectivity index (χ0) is 24.3. The van der Waals surface area contributed by atoms with Crippen molar-refractivity contribution in [2.75, 3.05) is 13.1 Å². The maximum Gasteiger partial charge on any atom is 0.416 e. The summed E-state index contributed by atoms with van der Waals surface area (Å²) in [6.07, 6.45) is -3.08. The first kappa shape index (κ1) is 25.1. The highest BCUT2D eigenvalue weighted by molar-refractivity contribution is 5.57. The monoisotopic (exact) mass is 468 g/mol. The van der Waals surface area contributed by atoms with Crippen LogP contribution in [0.4, 0.5) is 26.3 Å². The zero-order valence-corrected chi connectivity index (χ0v) is 18.3. The van der Waals surface area contributed by atoms with Crippen molar-refractivity contribution in [3.8, 4) is 0 Å². The Hall–Kier alpha value is -2.58. The average Bonchev–Trinajstić information content (AvgIpc) is 2.72. The molecular formula is C25H26F6N2. The van der Waals surface area contributed by atoms with Crippen molar-refractivity contribution < 1.29 is 26.3 Å². The fourth-order valence-electron chi connectivity index (χ4n) is 3.51. The van der Waals surface area contributed by atoms with E-state index in [1.165, 1.54) is 24.3 Å². The van der Waals surface area contributed by atoms with Gasteiger partial charge < -0.3 is 0 Å². The Kier molecular flexibility index (Phi) is 7.39. The van der Waals surface area contributed by atoms with E-state index in [0.717, 1.165) is 42.9 Å². The lowest BCUT2D eigenvalue weighted by Crippen LogP contribution is -2.56. The minimum absolute atomic E-state index is 0.0615. The fourth-order valence-corrected chi connectivity index (χ4v) is 3.51. The first-order valence-corrected chi connectivity index (χ1v) is 10.5. The Morgan fingerprint density at radius 3 is 1.73 bits per heavy atom. The second-order valence-electron chi connectivity index (χ2n) is 8.92. The Balaban J connectivity index is 1.78. The van der Waals surface area contributed by atoms with E-state index in [-0.39, 0.29) is 11.6 Å². The molecule has 0 bridgehead atoms. The average molecular weight is 468 g/mol. The summed E-state index contributed by atoms with van der Waals surface area (Å²) in [5, 5.41) is 6.84. The molecule has 8 heteroatoms. The van der Waals surface area contributed by atoms with Gasteiger partial charge in [0.15, 0.2) is 0 Å². The molecule has 2 nitrogen and oxygen atoms in total. The molecule has 3 rings (SSSR count). The van der Waals surface area contributed by atoms with Gasteiger partial charge in [-0.15, -0.1) is 0 Å². The smallest absolute Gasteiger partial charge is 0.298 e. The third-order valence-electron chi connectivity index (χ3n) is 5.43. The first-order valence-electron chi connectivity index (χ1n) is 10.5. The summed E-state index contributed by atoms with van der Waals surface area (Å²) in [4.78, 5) is 0. The van der Waals surface area contributed by atoms with E-state index in [2.05, 4.69) is 24.5 Å². The van der Waals surface area contributed by atoms with Crippen LogP contribution in [0.3, 0.4) is 0 Å². The summed E-state index contributed by atoms with van der Waals surface area (Å²) >= 11 is 0. The van der Waals surface area contributed by atoms with Crippen molar-refractivity contribution in [1.29, 1.82) is 0 Å². The van der Waals surface area contributed by atoms with Gasteiger partial charge in [0, 0.05) is 13.1 Å². The van der Waals surface area contributed by atoms with Gasteiger partial charge in [-0.1, -0.05) is 56.3 Å². The molecule has 33 heavy (non-hydrogen) atoms. The summed E-state index contributed by atoms with van der Waals surface area (Å²) in [7, 11) is 0. The van der Waals surface area contributed by atoms with E-state index in [1.807, 2.05) is 12.2 Å². The SMILES string of the molecule is CC1(C)CNC(C(=Cc2ccc(C(F)(F)F)cc2)CC=Cc2ccc(C(F)(F)F)cc2)NC1. The maximum absolute atomic E-state index is 12.9. The summed E-state index contributed by atoms with van der Waals surface area (Å²) in [5.74, 6) is 0. The number of hydrogen-bond donors (Lipinski definition) is 2. The third-order valence-corrected chi connectivity index (χ3v) is 5.43. The quantitative estimate of drug-likeness (QED) is 0.474. The van der Waals surface area contributed by atoms with Crippen LogP contribution in [0.25, 0.3) is 12.2 Å². The van der Waals surface area contributed by atoms with E-state index >= 15 is 0 Å². The van der Waals surface area contributed by atoms with Gasteiger partial charge in [-0.25, -0.2) is 0 Å². The van der Waals surface area contributed by atoms with Crippen LogP contribution in [-0.4, -0.2) is 19.3 Å². The van der Waals surface area contributed by atoms with Crippen LogP contribution in [0.15, 0.2) is 60.2 Å². The molecule has 0 atom stereocenters. The second-order valence-corrected chi connectivity index (χ2v) is 8.92. The van der Waals surface area contributed by atoms with Crippen LogP contribution < -0.4 is 10.6 Å². The van der Waals surface area contributed by atoms with Gasteiger partial charge in [-0.3, -0.25) is 10.6 Å². The summed E-state index contributed by atoms with van der Waals surface area (Å²) in [6, 6.07) is 9.81. The molecule has 2 N–H and O–H groups in total. The Morgan fingerprint density at radius 1 is 0.818 bits per heavy atom. The first-order chi connectivity index (χ1) is 15.3. The van der Waals surface area contributed by atoms with E-state index < -0.39 is 23.5 Å². The predicted octanol–water partition coefficient (Wildman–Crippen LogP) is 6.76. The Morgan fingerprint density at radius 2 is 1.27 bits per heavy atom. The van der Waals surface area contributed by atoms with Gasteiger partial charge in [0.1, 0.15) is 0 Å². The summed E-state index contributed by atoms with van der Waals surface area (Å²) in [6.45, 7) is 5.76. The van der Waals surface area contributed by atoms with Crippen LogP contribution in [-0.2, 0) is 12.4 Å². The van der Waals surface area contributed by atoms with Gasteiger partial charge in [-0.2, -0.15) is 26.3 Å². The number of allylic oxidation sites excluding steroid dienone is 1. The Labute approximate surface area is 189 Å². The number of alkyl halides is 6. The van der Waals surface area contributed by atoms with Crippen molar-refractivity contribution in [2.45, 2.75) is 38.8 Å². The standard InChI is InChI=1S/C25H26F6N2/c1-23(2)15-32-22(33-16-23)19(14-18-8-12-21(13-9-18)25(29,30)31)5-3-4-17-6-10-20(11-7-17)24(26,27)28/h3-4,6-14,22,32-33H,5,15-16H2,1-2H3. The number of halogens is 6. The number of benzene rings is 2. The lowest BCUT2D eigenvalue weighted by molar-refractivity contribution is -0.138. The van der Waals surface area contributed by atoms with Gasteiger partial charge in [0.25, 0.3) is 0 Å². The largest absolute Gasteiger partial charge is 0.416 e. The van der Waals surface area contributed by atoms with Gasteiger partial charge in [0.2, 0.25) is 0 Å². The highest BCUT2D eigenvalue weighted by Crippen LogP contribution is 2.30. The number of hydrogen-bond acceptors (Lipinski definition) is 2. The fraction of sp³-hybridized carbons (Fsp3) is 0.360. The molecule has 0 saturated carbocycles. The van der Waals surface area contributed by atoms with Crippen LogP contribution in [0, 0.1) is 5.41 Å². The van der Waals surface area contributed by atoms with E-state index in [0.29, 0.717) is 17.5 Å². The molecule has 1 aliphatic heterocycles. The number of rotatable bonds is 5. The minimum Gasteiger partial charge on any atom is -0.298 e. The molecule has 0 unspecified atom stereocenters. The molecule has 0 spiro atoms. The van der Waals surface area contributed by atoms with Crippen molar-refractivity contribution in [1.82, 2.24) is 10.6 Å². The molecule has 0 amide bonds. The van der Waals surface area contributed by atoms with Crippen molar-refractivity contribution >= 4 is 12.2 Å². The third kappa shape index (κ3) is 7.20. The normalized spacial score (nSPS) is 18.1. The zero-order valence-electron chi connectivity index (χ0n) is 18.3. The highest BCUT2D eigenvalue weighted by atomic mass is 19.4. The lowest BCUT2D eigenvalue weighted by atomic mass is 9.90. The molecule has 2 aromatic rings. The summed E-state index contributed by atoms with van der Waals surface area (Å²) < 4.78 is 76.8.